The van der Waals surface area contributed by atoms with Gasteiger partial charge in [-0.25, -0.2) is 8.42 Å². The molecule has 21 heavy (non-hydrogen) atoms. The fraction of sp³-hybridized carbons (Fsp3) is 0.647. The molecule has 120 valence electrons. The lowest BCUT2D eigenvalue weighted by molar-refractivity contribution is 0.474. The second kappa shape index (κ2) is 9.96. The molecule has 1 atom stereocenters. The van der Waals surface area contributed by atoms with Crippen molar-refractivity contribution in [3.05, 3.63) is 35.9 Å². The van der Waals surface area contributed by atoms with E-state index in [2.05, 4.69) is 36.5 Å². The standard InChI is InChI=1S/C17H29NO2S/c1-3-14-18-17(16-11-7-5-8-12-16)13-9-6-10-15-21(19,20)4-2/h5,7-8,11-12,17-18H,3-4,6,9-10,13-15H2,1-2H3. The van der Waals surface area contributed by atoms with Crippen LogP contribution in [-0.2, 0) is 9.84 Å². The maximum Gasteiger partial charge on any atom is 0.150 e. The number of nitrogens with one attached hydrogen (secondary N) is 1. The molecular weight excluding hydrogens is 282 g/mol. The van der Waals surface area contributed by atoms with E-state index < -0.39 is 9.84 Å². The van der Waals surface area contributed by atoms with Crippen LogP contribution in [0.2, 0.25) is 0 Å². The van der Waals surface area contributed by atoms with Crippen LogP contribution in [0.3, 0.4) is 0 Å². The Morgan fingerprint density at radius 3 is 2.38 bits per heavy atom. The number of unbranched alkanes of at least 4 members (excludes halogenated alkanes) is 2. The summed E-state index contributed by atoms with van der Waals surface area (Å²) in [5.74, 6) is 0.597. The van der Waals surface area contributed by atoms with Gasteiger partial charge in [0.25, 0.3) is 0 Å². The molecule has 1 rings (SSSR count). The Morgan fingerprint density at radius 1 is 1.05 bits per heavy atom. The van der Waals surface area contributed by atoms with Gasteiger partial charge in [0, 0.05) is 11.8 Å². The minimum absolute atomic E-state index is 0.262. The fourth-order valence-corrected chi connectivity index (χ4v) is 3.31. The van der Waals surface area contributed by atoms with Crippen molar-refractivity contribution in [1.29, 1.82) is 0 Å². The molecule has 0 aliphatic heterocycles. The molecular formula is C17H29NO2S. The molecule has 0 radical (unpaired) electrons. The third-order valence-corrected chi connectivity index (χ3v) is 5.52. The Balaban J connectivity index is 2.37. The van der Waals surface area contributed by atoms with Gasteiger partial charge in [-0.3, -0.25) is 0 Å². The number of rotatable bonds is 11. The monoisotopic (exact) mass is 311 g/mol. The summed E-state index contributed by atoms with van der Waals surface area (Å²) in [6.07, 6.45) is 5.02. The quantitative estimate of drug-likeness (QED) is 0.634. The van der Waals surface area contributed by atoms with E-state index in [-0.39, 0.29) is 5.75 Å². The fourth-order valence-electron chi connectivity index (χ4n) is 2.38. The molecule has 4 heteroatoms. The third-order valence-electron chi connectivity index (χ3n) is 3.73. The van der Waals surface area contributed by atoms with Crippen LogP contribution in [0.25, 0.3) is 0 Å². The van der Waals surface area contributed by atoms with E-state index in [1.54, 1.807) is 6.92 Å². The van der Waals surface area contributed by atoms with Gasteiger partial charge in [0.1, 0.15) is 9.84 Å². The van der Waals surface area contributed by atoms with Crippen LogP contribution < -0.4 is 5.32 Å². The van der Waals surface area contributed by atoms with E-state index in [1.807, 2.05) is 6.07 Å². The van der Waals surface area contributed by atoms with E-state index in [9.17, 15) is 8.42 Å². The van der Waals surface area contributed by atoms with Crippen LogP contribution in [0, 0.1) is 0 Å². The highest BCUT2D eigenvalue weighted by Crippen LogP contribution is 2.19. The van der Waals surface area contributed by atoms with Gasteiger partial charge >= 0.3 is 0 Å². The summed E-state index contributed by atoms with van der Waals surface area (Å²) in [5.41, 5.74) is 1.33. The Labute approximate surface area is 130 Å². The maximum absolute atomic E-state index is 11.4. The predicted octanol–water partition coefficient (Wildman–Crippen LogP) is 3.72. The van der Waals surface area contributed by atoms with Gasteiger partial charge in [-0.05, 0) is 31.4 Å². The van der Waals surface area contributed by atoms with Gasteiger partial charge in [0.15, 0.2) is 0 Å². The van der Waals surface area contributed by atoms with E-state index in [1.165, 1.54) is 5.56 Å². The lowest BCUT2D eigenvalue weighted by Gasteiger charge is -2.19. The summed E-state index contributed by atoms with van der Waals surface area (Å²) in [6, 6.07) is 10.9. The first-order valence-electron chi connectivity index (χ1n) is 8.07. The molecule has 0 bridgehead atoms. The smallest absolute Gasteiger partial charge is 0.150 e. The molecule has 0 aromatic heterocycles. The van der Waals surface area contributed by atoms with Crippen molar-refractivity contribution in [2.45, 2.75) is 52.0 Å². The number of benzene rings is 1. The van der Waals surface area contributed by atoms with Crippen LogP contribution in [0.4, 0.5) is 0 Å². The molecule has 0 aliphatic rings. The Hall–Kier alpha value is -0.870. The molecule has 0 heterocycles. The first kappa shape index (κ1) is 18.2. The second-order valence-corrected chi connectivity index (χ2v) is 7.98. The van der Waals surface area contributed by atoms with Crippen LogP contribution >= 0.6 is 0 Å². The average Bonchev–Trinajstić information content (AvgIpc) is 2.51. The van der Waals surface area contributed by atoms with E-state index in [4.69, 9.17) is 0 Å². The van der Waals surface area contributed by atoms with Crippen molar-refractivity contribution >= 4 is 9.84 Å². The minimum Gasteiger partial charge on any atom is -0.310 e. The molecule has 1 aromatic rings. The molecule has 1 unspecified atom stereocenters. The summed E-state index contributed by atoms with van der Waals surface area (Å²) >= 11 is 0. The summed E-state index contributed by atoms with van der Waals surface area (Å²) in [4.78, 5) is 0. The van der Waals surface area contributed by atoms with Crippen LogP contribution in [0.1, 0.15) is 57.6 Å². The van der Waals surface area contributed by atoms with Crippen molar-refractivity contribution in [3.63, 3.8) is 0 Å². The first-order valence-corrected chi connectivity index (χ1v) is 9.90. The van der Waals surface area contributed by atoms with Crippen molar-refractivity contribution in [2.24, 2.45) is 0 Å². The number of hydrogen-bond acceptors (Lipinski definition) is 3. The molecule has 1 N–H and O–H groups in total. The van der Waals surface area contributed by atoms with Gasteiger partial charge in [-0.1, -0.05) is 57.0 Å². The van der Waals surface area contributed by atoms with Gasteiger partial charge < -0.3 is 5.32 Å². The summed E-state index contributed by atoms with van der Waals surface area (Å²) in [7, 11) is -2.80. The van der Waals surface area contributed by atoms with E-state index >= 15 is 0 Å². The highest BCUT2D eigenvalue weighted by atomic mass is 32.2. The normalized spacial score (nSPS) is 13.2. The summed E-state index contributed by atoms with van der Waals surface area (Å²) in [6.45, 7) is 4.91. The third kappa shape index (κ3) is 7.63. The Morgan fingerprint density at radius 2 is 1.76 bits per heavy atom. The number of hydrogen-bond donors (Lipinski definition) is 1. The lowest BCUT2D eigenvalue weighted by Crippen LogP contribution is -2.22. The lowest BCUT2D eigenvalue weighted by atomic mass is 10.0. The predicted molar refractivity (Wildman–Crippen MR) is 90.3 cm³/mol. The SMILES string of the molecule is CCCNC(CCCCCS(=O)(=O)CC)c1ccccc1. The molecule has 1 aromatic carbocycles. The van der Waals surface area contributed by atoms with Crippen molar-refractivity contribution in [3.8, 4) is 0 Å². The molecule has 3 nitrogen and oxygen atoms in total. The van der Waals surface area contributed by atoms with Gasteiger partial charge in [-0.2, -0.15) is 0 Å². The molecule has 0 amide bonds. The highest BCUT2D eigenvalue weighted by Gasteiger charge is 2.11. The molecule has 0 fully saturated rings. The zero-order valence-corrected chi connectivity index (χ0v) is 14.2. The summed E-state index contributed by atoms with van der Waals surface area (Å²) < 4.78 is 22.9. The zero-order chi connectivity index (χ0) is 15.6. The average molecular weight is 311 g/mol. The molecule has 0 spiro atoms. The molecule has 0 saturated heterocycles. The summed E-state index contributed by atoms with van der Waals surface area (Å²) in [5, 5.41) is 3.59. The van der Waals surface area contributed by atoms with Crippen molar-refractivity contribution < 1.29 is 8.42 Å². The second-order valence-electron chi connectivity index (χ2n) is 5.50. The van der Waals surface area contributed by atoms with E-state index in [0.717, 1.165) is 38.6 Å². The number of sulfone groups is 1. The largest absolute Gasteiger partial charge is 0.310 e. The molecule has 0 saturated carbocycles. The van der Waals surface area contributed by atoms with Crippen molar-refractivity contribution in [2.75, 3.05) is 18.1 Å². The van der Waals surface area contributed by atoms with Crippen molar-refractivity contribution in [1.82, 2.24) is 5.32 Å². The zero-order valence-electron chi connectivity index (χ0n) is 13.3. The Kier molecular flexibility index (Phi) is 8.62. The minimum atomic E-state index is -2.80. The van der Waals surface area contributed by atoms with Gasteiger partial charge in [-0.15, -0.1) is 0 Å². The van der Waals surface area contributed by atoms with Gasteiger partial charge in [0.2, 0.25) is 0 Å². The Bertz CT molecular complexity index is 471. The van der Waals surface area contributed by atoms with Crippen LogP contribution in [-0.4, -0.2) is 26.5 Å². The maximum atomic E-state index is 11.4. The first-order chi connectivity index (χ1) is 10.1. The van der Waals surface area contributed by atoms with Crippen LogP contribution in [0.15, 0.2) is 30.3 Å². The topological polar surface area (TPSA) is 46.2 Å². The highest BCUT2D eigenvalue weighted by molar-refractivity contribution is 7.91. The van der Waals surface area contributed by atoms with E-state index in [0.29, 0.717) is 11.8 Å². The van der Waals surface area contributed by atoms with Gasteiger partial charge in [0.05, 0.1) is 5.75 Å². The van der Waals surface area contributed by atoms with Crippen LogP contribution in [0.5, 0.6) is 0 Å². The molecule has 0 aliphatic carbocycles.